The summed E-state index contributed by atoms with van der Waals surface area (Å²) < 4.78 is 4.95. The van der Waals surface area contributed by atoms with E-state index in [4.69, 9.17) is 10.5 Å². The van der Waals surface area contributed by atoms with Crippen molar-refractivity contribution in [2.45, 2.75) is 45.6 Å². The zero-order valence-electron chi connectivity index (χ0n) is 10.8. The van der Waals surface area contributed by atoms with Gasteiger partial charge in [-0.3, -0.25) is 4.79 Å². The maximum Gasteiger partial charge on any atom is 0.237 e. The van der Waals surface area contributed by atoms with Crippen LogP contribution in [0.2, 0.25) is 0 Å². The summed E-state index contributed by atoms with van der Waals surface area (Å²) in [6, 6.07) is -0.371. The summed E-state index contributed by atoms with van der Waals surface area (Å²) >= 11 is 0. The van der Waals surface area contributed by atoms with Gasteiger partial charge >= 0.3 is 0 Å². The van der Waals surface area contributed by atoms with E-state index in [2.05, 4.69) is 5.32 Å². The SMILES string of the molecule is CCC(C)C(N)C(=O)NCCCCCOC. The van der Waals surface area contributed by atoms with Gasteiger partial charge < -0.3 is 15.8 Å². The Morgan fingerprint density at radius 2 is 2.06 bits per heavy atom. The third kappa shape index (κ3) is 6.80. The molecular weight excluding hydrogens is 204 g/mol. The zero-order chi connectivity index (χ0) is 12.4. The molecule has 0 spiro atoms. The Labute approximate surface area is 98.9 Å². The van der Waals surface area contributed by atoms with Crippen LogP contribution in [0.25, 0.3) is 0 Å². The van der Waals surface area contributed by atoms with Crippen molar-refractivity contribution in [3.05, 3.63) is 0 Å². The molecule has 0 saturated carbocycles. The average Bonchev–Trinajstić information content (AvgIpc) is 2.31. The molecular formula is C12H26N2O2. The van der Waals surface area contributed by atoms with Gasteiger partial charge in [-0.1, -0.05) is 20.3 Å². The number of amides is 1. The van der Waals surface area contributed by atoms with E-state index >= 15 is 0 Å². The topological polar surface area (TPSA) is 64.4 Å². The van der Waals surface area contributed by atoms with Gasteiger partial charge in [-0.05, 0) is 25.2 Å². The fourth-order valence-electron chi connectivity index (χ4n) is 1.39. The number of nitrogens with one attached hydrogen (secondary N) is 1. The highest BCUT2D eigenvalue weighted by Crippen LogP contribution is 2.05. The Kier molecular flexibility index (Phi) is 9.24. The first-order valence-corrected chi connectivity index (χ1v) is 6.15. The second-order valence-corrected chi connectivity index (χ2v) is 4.26. The Balaban J connectivity index is 3.50. The van der Waals surface area contributed by atoms with Crippen LogP contribution < -0.4 is 11.1 Å². The van der Waals surface area contributed by atoms with Crippen molar-refractivity contribution in [2.75, 3.05) is 20.3 Å². The Morgan fingerprint density at radius 3 is 2.62 bits per heavy atom. The molecule has 0 aliphatic heterocycles. The highest BCUT2D eigenvalue weighted by molar-refractivity contribution is 5.81. The predicted molar refractivity (Wildman–Crippen MR) is 66.2 cm³/mol. The van der Waals surface area contributed by atoms with E-state index in [0.717, 1.165) is 32.3 Å². The van der Waals surface area contributed by atoms with Crippen molar-refractivity contribution in [1.82, 2.24) is 5.32 Å². The van der Waals surface area contributed by atoms with Gasteiger partial charge in [0, 0.05) is 20.3 Å². The van der Waals surface area contributed by atoms with Crippen LogP contribution in [0.4, 0.5) is 0 Å². The van der Waals surface area contributed by atoms with E-state index in [1.807, 2.05) is 13.8 Å². The number of rotatable bonds is 9. The third-order valence-corrected chi connectivity index (χ3v) is 2.88. The second-order valence-electron chi connectivity index (χ2n) is 4.26. The minimum Gasteiger partial charge on any atom is -0.385 e. The number of carbonyl (C=O) groups is 1. The van der Waals surface area contributed by atoms with E-state index in [1.54, 1.807) is 7.11 Å². The molecule has 0 aromatic heterocycles. The Morgan fingerprint density at radius 1 is 1.38 bits per heavy atom. The smallest absolute Gasteiger partial charge is 0.237 e. The van der Waals surface area contributed by atoms with Crippen LogP contribution in [0.1, 0.15) is 39.5 Å². The summed E-state index contributed by atoms with van der Waals surface area (Å²) in [4.78, 5) is 11.6. The maximum absolute atomic E-state index is 11.6. The number of hydrogen-bond donors (Lipinski definition) is 2. The lowest BCUT2D eigenvalue weighted by molar-refractivity contribution is -0.123. The molecule has 0 rings (SSSR count). The quantitative estimate of drug-likeness (QED) is 0.587. The van der Waals surface area contributed by atoms with Crippen molar-refractivity contribution in [3.63, 3.8) is 0 Å². The van der Waals surface area contributed by atoms with Gasteiger partial charge in [-0.25, -0.2) is 0 Å². The summed E-state index contributed by atoms with van der Waals surface area (Å²) in [7, 11) is 1.70. The number of hydrogen-bond acceptors (Lipinski definition) is 3. The summed E-state index contributed by atoms with van der Waals surface area (Å²) in [6.07, 6.45) is 4.04. The number of ether oxygens (including phenoxy) is 1. The predicted octanol–water partition coefficient (Wildman–Crippen LogP) is 1.29. The normalized spacial score (nSPS) is 14.5. The lowest BCUT2D eigenvalue weighted by Gasteiger charge is -2.17. The van der Waals surface area contributed by atoms with Gasteiger partial charge in [-0.15, -0.1) is 0 Å². The van der Waals surface area contributed by atoms with Crippen LogP contribution >= 0.6 is 0 Å². The van der Waals surface area contributed by atoms with Crippen molar-refractivity contribution >= 4 is 5.91 Å². The third-order valence-electron chi connectivity index (χ3n) is 2.88. The molecule has 2 atom stereocenters. The van der Waals surface area contributed by atoms with Gasteiger partial charge in [0.15, 0.2) is 0 Å². The van der Waals surface area contributed by atoms with Gasteiger partial charge in [0.25, 0.3) is 0 Å². The van der Waals surface area contributed by atoms with Crippen molar-refractivity contribution in [2.24, 2.45) is 11.7 Å². The molecule has 0 heterocycles. The molecule has 0 aromatic rings. The fraction of sp³-hybridized carbons (Fsp3) is 0.917. The molecule has 96 valence electrons. The highest BCUT2D eigenvalue weighted by atomic mass is 16.5. The van der Waals surface area contributed by atoms with Crippen LogP contribution in [-0.2, 0) is 9.53 Å². The minimum atomic E-state index is -0.371. The maximum atomic E-state index is 11.6. The van der Waals surface area contributed by atoms with Crippen LogP contribution in [0, 0.1) is 5.92 Å². The number of carbonyl (C=O) groups excluding carboxylic acids is 1. The monoisotopic (exact) mass is 230 g/mol. The highest BCUT2D eigenvalue weighted by Gasteiger charge is 2.18. The summed E-state index contributed by atoms with van der Waals surface area (Å²) in [5.74, 6) is 0.217. The van der Waals surface area contributed by atoms with Crippen LogP contribution in [-0.4, -0.2) is 32.2 Å². The fourth-order valence-corrected chi connectivity index (χ4v) is 1.39. The van der Waals surface area contributed by atoms with Crippen molar-refractivity contribution in [3.8, 4) is 0 Å². The lowest BCUT2D eigenvalue weighted by atomic mass is 9.99. The molecule has 0 bridgehead atoms. The summed E-state index contributed by atoms with van der Waals surface area (Å²) in [5.41, 5.74) is 5.80. The van der Waals surface area contributed by atoms with Crippen LogP contribution in [0.5, 0.6) is 0 Å². The van der Waals surface area contributed by atoms with Gasteiger partial charge in [0.05, 0.1) is 6.04 Å². The molecule has 4 heteroatoms. The first-order chi connectivity index (χ1) is 7.63. The second kappa shape index (κ2) is 9.60. The van der Waals surface area contributed by atoms with Crippen molar-refractivity contribution in [1.29, 1.82) is 0 Å². The summed E-state index contributed by atoms with van der Waals surface area (Å²) in [6.45, 7) is 5.55. The number of unbranched alkanes of at least 4 members (excludes halogenated alkanes) is 2. The number of nitrogens with two attached hydrogens (primary N) is 1. The van der Waals surface area contributed by atoms with Crippen LogP contribution in [0.3, 0.4) is 0 Å². The largest absolute Gasteiger partial charge is 0.385 e. The minimum absolute atomic E-state index is 0.0268. The molecule has 0 radical (unpaired) electrons. The molecule has 0 saturated heterocycles. The number of methoxy groups -OCH3 is 1. The standard InChI is InChI=1S/C12H26N2O2/c1-4-10(2)11(13)12(15)14-8-6-5-7-9-16-3/h10-11H,4-9,13H2,1-3H3,(H,14,15). The van der Waals surface area contributed by atoms with Gasteiger partial charge in [0.1, 0.15) is 0 Å². The molecule has 1 amide bonds. The van der Waals surface area contributed by atoms with E-state index < -0.39 is 0 Å². The van der Waals surface area contributed by atoms with Crippen molar-refractivity contribution < 1.29 is 9.53 Å². The molecule has 3 N–H and O–H groups in total. The summed E-state index contributed by atoms with van der Waals surface area (Å²) in [5, 5.41) is 2.87. The average molecular weight is 230 g/mol. The molecule has 16 heavy (non-hydrogen) atoms. The van der Waals surface area contributed by atoms with E-state index in [-0.39, 0.29) is 17.9 Å². The Hall–Kier alpha value is -0.610. The van der Waals surface area contributed by atoms with E-state index in [1.165, 1.54) is 0 Å². The zero-order valence-corrected chi connectivity index (χ0v) is 10.8. The first kappa shape index (κ1) is 15.4. The molecule has 2 unspecified atom stereocenters. The molecule has 0 fully saturated rings. The molecule has 0 aromatic carbocycles. The Bertz CT molecular complexity index is 186. The van der Waals surface area contributed by atoms with Gasteiger partial charge in [-0.2, -0.15) is 0 Å². The van der Waals surface area contributed by atoms with Crippen LogP contribution in [0.15, 0.2) is 0 Å². The molecule has 4 nitrogen and oxygen atoms in total. The van der Waals surface area contributed by atoms with E-state index in [0.29, 0.717) is 6.54 Å². The van der Waals surface area contributed by atoms with Gasteiger partial charge in [0.2, 0.25) is 5.91 Å². The molecule has 0 aliphatic carbocycles. The first-order valence-electron chi connectivity index (χ1n) is 6.15. The van der Waals surface area contributed by atoms with E-state index in [9.17, 15) is 4.79 Å². The lowest BCUT2D eigenvalue weighted by Crippen LogP contribution is -2.44. The molecule has 0 aliphatic rings.